The van der Waals surface area contributed by atoms with Gasteiger partial charge >= 0.3 is 0 Å². The Hall–Kier alpha value is -1.75. The summed E-state index contributed by atoms with van der Waals surface area (Å²) in [5, 5.41) is 8.18. The van der Waals surface area contributed by atoms with Crippen LogP contribution in [0, 0.1) is 5.92 Å². The van der Waals surface area contributed by atoms with Crippen LogP contribution in [0.5, 0.6) is 0 Å². The van der Waals surface area contributed by atoms with E-state index in [9.17, 15) is 14.4 Å². The van der Waals surface area contributed by atoms with Gasteiger partial charge in [0.15, 0.2) is 0 Å². The summed E-state index contributed by atoms with van der Waals surface area (Å²) < 4.78 is 21.0. The maximum atomic E-state index is 11.6. The number of ether oxygens (including phenoxy) is 4. The summed E-state index contributed by atoms with van der Waals surface area (Å²) in [5.41, 5.74) is 0. The molecule has 0 heterocycles. The predicted octanol–water partition coefficient (Wildman–Crippen LogP) is -0.142. The molecule has 0 fully saturated rings. The Morgan fingerprint density at radius 1 is 0.667 bits per heavy atom. The van der Waals surface area contributed by atoms with Gasteiger partial charge in [0, 0.05) is 25.6 Å². The Bertz CT molecular complexity index is 462. The zero-order chi connectivity index (χ0) is 22.5. The molecule has 0 radical (unpaired) electrons. The lowest BCUT2D eigenvalue weighted by molar-refractivity contribution is -0.127. The van der Waals surface area contributed by atoms with Crippen molar-refractivity contribution in [3.05, 3.63) is 0 Å². The molecule has 0 aliphatic rings. The van der Waals surface area contributed by atoms with Gasteiger partial charge < -0.3 is 34.9 Å². The van der Waals surface area contributed by atoms with Gasteiger partial charge in [0.2, 0.25) is 17.7 Å². The van der Waals surface area contributed by atoms with E-state index in [4.69, 9.17) is 18.9 Å². The number of rotatable bonds is 20. The molecule has 30 heavy (non-hydrogen) atoms. The lowest BCUT2D eigenvalue weighted by Crippen LogP contribution is -2.32. The van der Waals surface area contributed by atoms with Crippen molar-refractivity contribution in [1.29, 1.82) is 0 Å². The molecule has 0 saturated heterocycles. The summed E-state index contributed by atoms with van der Waals surface area (Å²) in [6.45, 7) is 9.25. The third kappa shape index (κ3) is 19.6. The van der Waals surface area contributed by atoms with Crippen molar-refractivity contribution in [2.24, 2.45) is 5.92 Å². The molecule has 0 aromatic carbocycles. The maximum Gasteiger partial charge on any atom is 0.246 e. The van der Waals surface area contributed by atoms with Crippen LogP contribution in [0.4, 0.5) is 0 Å². The van der Waals surface area contributed by atoms with Gasteiger partial charge in [0.05, 0.1) is 39.6 Å². The molecular weight excluding hydrogens is 394 g/mol. The largest absolute Gasteiger partial charge is 0.377 e. The van der Waals surface area contributed by atoms with Crippen LogP contribution in [-0.2, 0) is 33.3 Å². The van der Waals surface area contributed by atoms with E-state index in [1.165, 1.54) is 0 Å². The van der Waals surface area contributed by atoms with Gasteiger partial charge in [-0.2, -0.15) is 0 Å². The van der Waals surface area contributed by atoms with Crippen LogP contribution in [0.2, 0.25) is 0 Å². The van der Waals surface area contributed by atoms with Gasteiger partial charge in [-0.15, -0.1) is 0 Å². The lowest BCUT2D eigenvalue weighted by Gasteiger charge is -2.09. The minimum absolute atomic E-state index is 0.00627. The van der Waals surface area contributed by atoms with E-state index >= 15 is 0 Å². The molecule has 0 aromatic rings. The second-order valence-corrected chi connectivity index (χ2v) is 6.83. The summed E-state index contributed by atoms with van der Waals surface area (Å²) in [6, 6.07) is 0. The third-order valence-electron chi connectivity index (χ3n) is 3.70. The highest BCUT2D eigenvalue weighted by Crippen LogP contribution is 1.89. The van der Waals surface area contributed by atoms with Gasteiger partial charge in [-0.25, -0.2) is 0 Å². The Kier molecular flexibility index (Phi) is 19.3. The molecule has 0 atom stereocenters. The van der Waals surface area contributed by atoms with Crippen LogP contribution < -0.4 is 16.0 Å². The van der Waals surface area contributed by atoms with Gasteiger partial charge in [-0.1, -0.05) is 27.2 Å². The molecule has 3 amide bonds. The van der Waals surface area contributed by atoms with E-state index in [0.29, 0.717) is 59.3 Å². The zero-order valence-electron chi connectivity index (χ0n) is 18.6. The molecule has 0 bridgehead atoms. The smallest absolute Gasteiger partial charge is 0.246 e. The zero-order valence-corrected chi connectivity index (χ0v) is 18.6. The second-order valence-electron chi connectivity index (χ2n) is 6.83. The number of amides is 3. The van der Waals surface area contributed by atoms with Crippen LogP contribution in [-0.4, -0.2) is 90.2 Å². The molecule has 0 rings (SSSR count). The van der Waals surface area contributed by atoms with Gasteiger partial charge in [0.1, 0.15) is 13.2 Å². The second kappa shape index (κ2) is 20.5. The maximum absolute atomic E-state index is 11.6. The SMILES string of the molecule is CCCCNC(=O)COCCOCCNC(=O)COCCOCCNC(=O)C(C)C. The first-order valence-electron chi connectivity index (χ1n) is 10.6. The highest BCUT2D eigenvalue weighted by atomic mass is 16.5. The molecule has 0 spiro atoms. The van der Waals surface area contributed by atoms with Crippen LogP contribution >= 0.6 is 0 Å². The molecule has 10 heteroatoms. The van der Waals surface area contributed by atoms with Gasteiger partial charge in [-0.05, 0) is 6.42 Å². The molecule has 10 nitrogen and oxygen atoms in total. The normalized spacial score (nSPS) is 10.8. The third-order valence-corrected chi connectivity index (χ3v) is 3.70. The Morgan fingerprint density at radius 3 is 1.63 bits per heavy atom. The molecular formula is C20H39N3O7. The Morgan fingerprint density at radius 2 is 1.13 bits per heavy atom. The number of carbonyl (C=O) groups excluding carboxylic acids is 3. The average Bonchev–Trinajstić information content (AvgIpc) is 2.71. The van der Waals surface area contributed by atoms with Crippen molar-refractivity contribution in [3.8, 4) is 0 Å². The fourth-order valence-corrected chi connectivity index (χ4v) is 1.99. The standard InChI is InChI=1S/C20H39N3O7/c1-4-5-6-21-18(24)15-29-13-11-27-9-7-22-19(25)16-30-14-12-28-10-8-23-20(26)17(2)3/h17H,4-16H2,1-3H3,(H,21,24)(H,22,25)(H,23,26). The van der Waals surface area contributed by atoms with Crippen molar-refractivity contribution in [3.63, 3.8) is 0 Å². The van der Waals surface area contributed by atoms with Crippen molar-refractivity contribution in [2.75, 3.05) is 72.5 Å². The summed E-state index contributed by atoms with van der Waals surface area (Å²) in [5.74, 6) is -0.408. The van der Waals surface area contributed by atoms with E-state index in [2.05, 4.69) is 22.9 Å². The number of unbranched alkanes of at least 4 members (excludes halogenated alkanes) is 1. The van der Waals surface area contributed by atoms with E-state index in [-0.39, 0.29) is 36.9 Å². The van der Waals surface area contributed by atoms with E-state index in [1.807, 2.05) is 13.8 Å². The van der Waals surface area contributed by atoms with Crippen molar-refractivity contribution in [2.45, 2.75) is 33.6 Å². The highest BCUT2D eigenvalue weighted by molar-refractivity contribution is 5.78. The van der Waals surface area contributed by atoms with E-state index in [0.717, 1.165) is 12.8 Å². The first-order valence-corrected chi connectivity index (χ1v) is 10.6. The summed E-state index contributed by atoms with van der Waals surface area (Å²) in [6.07, 6.45) is 1.99. The summed E-state index contributed by atoms with van der Waals surface area (Å²) >= 11 is 0. The van der Waals surface area contributed by atoms with Crippen LogP contribution in [0.3, 0.4) is 0 Å². The minimum atomic E-state index is -0.234. The Labute approximate surface area is 179 Å². The quantitative estimate of drug-likeness (QED) is 0.228. The van der Waals surface area contributed by atoms with E-state index in [1.54, 1.807) is 0 Å². The number of nitrogens with one attached hydrogen (secondary N) is 3. The number of hydrogen-bond donors (Lipinski definition) is 3. The fraction of sp³-hybridized carbons (Fsp3) is 0.850. The van der Waals surface area contributed by atoms with E-state index < -0.39 is 0 Å². The van der Waals surface area contributed by atoms with Crippen molar-refractivity contribution < 1.29 is 33.3 Å². The molecule has 0 saturated carbocycles. The molecule has 0 aliphatic carbocycles. The monoisotopic (exact) mass is 433 g/mol. The molecule has 3 N–H and O–H groups in total. The number of hydrogen-bond acceptors (Lipinski definition) is 7. The summed E-state index contributed by atoms with van der Waals surface area (Å²) in [7, 11) is 0. The number of carbonyl (C=O) groups is 3. The minimum Gasteiger partial charge on any atom is -0.377 e. The topological polar surface area (TPSA) is 124 Å². The van der Waals surface area contributed by atoms with Crippen LogP contribution in [0.15, 0.2) is 0 Å². The lowest BCUT2D eigenvalue weighted by atomic mass is 10.2. The molecule has 0 aromatic heterocycles. The first-order chi connectivity index (χ1) is 14.5. The molecule has 0 unspecified atom stereocenters. The van der Waals surface area contributed by atoms with Crippen molar-refractivity contribution >= 4 is 17.7 Å². The summed E-state index contributed by atoms with van der Waals surface area (Å²) in [4.78, 5) is 34.3. The average molecular weight is 434 g/mol. The molecule has 0 aliphatic heterocycles. The first kappa shape index (κ1) is 28.2. The Balaban J connectivity index is 3.31. The molecule has 176 valence electrons. The van der Waals surface area contributed by atoms with Gasteiger partial charge in [0.25, 0.3) is 0 Å². The van der Waals surface area contributed by atoms with Gasteiger partial charge in [-0.3, -0.25) is 14.4 Å². The highest BCUT2D eigenvalue weighted by Gasteiger charge is 2.05. The van der Waals surface area contributed by atoms with Crippen LogP contribution in [0.1, 0.15) is 33.6 Å². The predicted molar refractivity (Wildman–Crippen MR) is 112 cm³/mol. The van der Waals surface area contributed by atoms with Crippen molar-refractivity contribution in [1.82, 2.24) is 16.0 Å². The fourth-order valence-electron chi connectivity index (χ4n) is 1.99. The van der Waals surface area contributed by atoms with Crippen LogP contribution in [0.25, 0.3) is 0 Å².